The fourth-order valence-corrected chi connectivity index (χ4v) is 1.31. The topological polar surface area (TPSA) is 37.3 Å². The Morgan fingerprint density at radius 1 is 1.23 bits per heavy atom. The van der Waals surface area contributed by atoms with Gasteiger partial charge in [0.1, 0.15) is 6.10 Å². The molecule has 13 heavy (non-hydrogen) atoms. The van der Waals surface area contributed by atoms with Crippen LogP contribution in [-0.4, -0.2) is 17.0 Å². The molecule has 1 N–H and O–H groups in total. The minimum Gasteiger partial charge on any atom is -0.385 e. The summed E-state index contributed by atoms with van der Waals surface area (Å²) in [5, 5.41) is 9.60. The van der Waals surface area contributed by atoms with Crippen LogP contribution in [0.25, 0.3) is 0 Å². The zero-order valence-corrected chi connectivity index (χ0v) is 8.50. The van der Waals surface area contributed by atoms with Crippen LogP contribution in [0.5, 0.6) is 0 Å². The molecule has 0 saturated heterocycles. The van der Waals surface area contributed by atoms with Crippen molar-refractivity contribution in [3.8, 4) is 0 Å². The second-order valence-electron chi connectivity index (χ2n) is 3.58. The average Bonchev–Trinajstić information content (AvgIpc) is 2.05. The summed E-state index contributed by atoms with van der Waals surface area (Å²) in [5.41, 5.74) is 0. The molecule has 0 saturated carbocycles. The Balaban J connectivity index is 0. The van der Waals surface area contributed by atoms with Crippen molar-refractivity contribution in [2.45, 2.75) is 54.1 Å². The molecule has 0 fully saturated rings. The number of rotatable bonds is 5. The molecule has 80 valence electrons. The minimum absolute atomic E-state index is 0. The molecular formula is C11H24O2. The van der Waals surface area contributed by atoms with Crippen LogP contribution in [0.15, 0.2) is 0 Å². The van der Waals surface area contributed by atoms with Crippen molar-refractivity contribution in [2.24, 2.45) is 11.8 Å². The normalized spacial score (nSPS) is 12.8. The van der Waals surface area contributed by atoms with E-state index in [1.165, 1.54) is 0 Å². The van der Waals surface area contributed by atoms with Gasteiger partial charge >= 0.3 is 0 Å². The van der Waals surface area contributed by atoms with Crippen molar-refractivity contribution in [3.05, 3.63) is 0 Å². The monoisotopic (exact) mass is 188 g/mol. The third-order valence-corrected chi connectivity index (χ3v) is 2.36. The molecule has 0 rings (SSSR count). The number of aliphatic hydroxyl groups is 1. The smallest absolute Gasteiger partial charge is 0.164 e. The van der Waals surface area contributed by atoms with E-state index in [0.29, 0.717) is 0 Å². The van der Waals surface area contributed by atoms with Crippen LogP contribution in [0.1, 0.15) is 48.0 Å². The first-order valence-corrected chi connectivity index (χ1v) is 4.76. The van der Waals surface area contributed by atoms with Crippen molar-refractivity contribution < 1.29 is 9.90 Å². The van der Waals surface area contributed by atoms with Crippen LogP contribution in [0.4, 0.5) is 0 Å². The zero-order valence-electron chi connectivity index (χ0n) is 8.50. The summed E-state index contributed by atoms with van der Waals surface area (Å²) in [6.45, 7) is 7.66. The molecule has 0 spiro atoms. The molecule has 1 unspecified atom stereocenters. The van der Waals surface area contributed by atoms with Crippen LogP contribution in [-0.2, 0) is 4.79 Å². The van der Waals surface area contributed by atoms with Gasteiger partial charge in [0.15, 0.2) is 5.78 Å². The highest BCUT2D eigenvalue weighted by atomic mass is 16.3. The summed E-state index contributed by atoms with van der Waals surface area (Å²) < 4.78 is 0. The Morgan fingerprint density at radius 3 is 1.85 bits per heavy atom. The maximum absolute atomic E-state index is 11.4. The maximum Gasteiger partial charge on any atom is 0.164 e. The number of aliphatic hydroxyl groups excluding tert-OH is 1. The standard InChI is InChI=1S/C10H20O2.CH4/c1-5-8(6-2)10(12)9(11)7(3)4;/h7-8,10,12H,5-6H2,1-4H3;1H4. The SMILES string of the molecule is C.CCC(CC)C(O)C(=O)C(C)C. The van der Waals surface area contributed by atoms with Crippen LogP contribution < -0.4 is 0 Å². The quantitative estimate of drug-likeness (QED) is 0.720. The van der Waals surface area contributed by atoms with Gasteiger partial charge in [-0.25, -0.2) is 0 Å². The number of carbonyl (C=O) groups excluding carboxylic acids is 1. The summed E-state index contributed by atoms with van der Waals surface area (Å²) >= 11 is 0. The Kier molecular flexibility index (Phi) is 8.23. The second kappa shape index (κ2) is 7.07. The molecule has 0 bridgehead atoms. The van der Waals surface area contributed by atoms with Gasteiger partial charge in [-0.1, -0.05) is 48.0 Å². The van der Waals surface area contributed by atoms with E-state index in [2.05, 4.69) is 0 Å². The van der Waals surface area contributed by atoms with Gasteiger partial charge < -0.3 is 5.11 Å². The molecule has 2 heteroatoms. The summed E-state index contributed by atoms with van der Waals surface area (Å²) in [6, 6.07) is 0. The predicted octanol–water partition coefficient (Wildman–Crippen LogP) is 2.64. The first-order valence-electron chi connectivity index (χ1n) is 4.76. The van der Waals surface area contributed by atoms with E-state index >= 15 is 0 Å². The van der Waals surface area contributed by atoms with Gasteiger partial charge in [0.2, 0.25) is 0 Å². The van der Waals surface area contributed by atoms with Crippen molar-refractivity contribution in [3.63, 3.8) is 0 Å². The lowest BCUT2D eigenvalue weighted by Crippen LogP contribution is -2.32. The molecule has 0 aliphatic carbocycles. The van der Waals surface area contributed by atoms with E-state index in [1.54, 1.807) is 0 Å². The van der Waals surface area contributed by atoms with Gasteiger partial charge in [-0.2, -0.15) is 0 Å². The summed E-state index contributed by atoms with van der Waals surface area (Å²) in [4.78, 5) is 11.4. The van der Waals surface area contributed by atoms with Crippen molar-refractivity contribution in [2.75, 3.05) is 0 Å². The Bertz CT molecular complexity index is 137. The first-order chi connectivity index (χ1) is 5.54. The second-order valence-corrected chi connectivity index (χ2v) is 3.58. The van der Waals surface area contributed by atoms with E-state index in [4.69, 9.17) is 0 Å². The van der Waals surface area contributed by atoms with Crippen LogP contribution in [0.2, 0.25) is 0 Å². The maximum atomic E-state index is 11.4. The Hall–Kier alpha value is -0.370. The van der Waals surface area contributed by atoms with Crippen LogP contribution in [0, 0.1) is 11.8 Å². The van der Waals surface area contributed by atoms with Gasteiger partial charge in [0.05, 0.1) is 0 Å². The molecule has 0 amide bonds. The van der Waals surface area contributed by atoms with Gasteiger partial charge in [-0.3, -0.25) is 4.79 Å². The fraction of sp³-hybridized carbons (Fsp3) is 0.909. The van der Waals surface area contributed by atoms with E-state index in [9.17, 15) is 9.90 Å². The van der Waals surface area contributed by atoms with Crippen LogP contribution >= 0.6 is 0 Å². The Labute approximate surface area is 82.4 Å². The molecule has 2 nitrogen and oxygen atoms in total. The van der Waals surface area contributed by atoms with Crippen molar-refractivity contribution >= 4 is 5.78 Å². The summed E-state index contributed by atoms with van der Waals surface area (Å²) in [5.74, 6) is 0.0594. The van der Waals surface area contributed by atoms with E-state index in [0.717, 1.165) is 12.8 Å². The van der Waals surface area contributed by atoms with Crippen molar-refractivity contribution in [1.29, 1.82) is 0 Å². The lowest BCUT2D eigenvalue weighted by molar-refractivity contribution is -0.133. The molecule has 0 aromatic carbocycles. The molecular weight excluding hydrogens is 164 g/mol. The third kappa shape index (κ3) is 4.41. The van der Waals surface area contributed by atoms with E-state index < -0.39 is 6.10 Å². The van der Waals surface area contributed by atoms with E-state index in [1.807, 2.05) is 27.7 Å². The number of hydrogen-bond acceptors (Lipinski definition) is 2. The molecule has 0 radical (unpaired) electrons. The number of Topliss-reactive ketones (excluding diaryl/α,β-unsaturated/α-hetero) is 1. The highest BCUT2D eigenvalue weighted by Crippen LogP contribution is 2.16. The zero-order chi connectivity index (χ0) is 9.72. The number of ketones is 1. The molecule has 0 aromatic rings. The number of carbonyl (C=O) groups is 1. The van der Waals surface area contributed by atoms with Gasteiger partial charge in [-0.15, -0.1) is 0 Å². The lowest BCUT2D eigenvalue weighted by Gasteiger charge is -2.20. The van der Waals surface area contributed by atoms with E-state index in [-0.39, 0.29) is 25.0 Å². The summed E-state index contributed by atoms with van der Waals surface area (Å²) in [7, 11) is 0. The van der Waals surface area contributed by atoms with Gasteiger partial charge in [-0.05, 0) is 5.92 Å². The fourth-order valence-electron chi connectivity index (χ4n) is 1.31. The van der Waals surface area contributed by atoms with Gasteiger partial charge in [0, 0.05) is 5.92 Å². The van der Waals surface area contributed by atoms with Gasteiger partial charge in [0.25, 0.3) is 0 Å². The third-order valence-electron chi connectivity index (χ3n) is 2.36. The number of hydrogen-bond donors (Lipinski definition) is 1. The molecule has 1 atom stereocenters. The summed E-state index contributed by atoms with van der Waals surface area (Å²) in [6.07, 6.45) is 0.992. The lowest BCUT2D eigenvalue weighted by atomic mass is 9.89. The molecule has 0 aliphatic heterocycles. The van der Waals surface area contributed by atoms with Crippen molar-refractivity contribution in [1.82, 2.24) is 0 Å². The average molecular weight is 188 g/mol. The molecule has 0 heterocycles. The first kappa shape index (κ1) is 15.1. The predicted molar refractivity (Wildman–Crippen MR) is 56.7 cm³/mol. The highest BCUT2D eigenvalue weighted by molar-refractivity contribution is 5.84. The minimum atomic E-state index is -0.750. The largest absolute Gasteiger partial charge is 0.385 e. The molecule has 0 aliphatic rings. The van der Waals surface area contributed by atoms with Crippen LogP contribution in [0.3, 0.4) is 0 Å². The molecule has 0 aromatic heterocycles. The Morgan fingerprint density at radius 2 is 1.62 bits per heavy atom. The highest BCUT2D eigenvalue weighted by Gasteiger charge is 2.24.